The van der Waals surface area contributed by atoms with Gasteiger partial charge in [-0.3, -0.25) is 9.69 Å². The Bertz CT molecular complexity index is 612. The molecule has 0 aliphatic carbocycles. The van der Waals surface area contributed by atoms with Crippen LogP contribution in [0.5, 0.6) is 5.75 Å². The van der Waals surface area contributed by atoms with Crippen LogP contribution in [0.15, 0.2) is 18.2 Å². The quantitative estimate of drug-likeness (QED) is 0.817. The summed E-state index contributed by atoms with van der Waals surface area (Å²) in [6.45, 7) is 6.23. The predicted molar refractivity (Wildman–Crippen MR) is 86.5 cm³/mol. The molecule has 25 heavy (non-hydrogen) atoms. The van der Waals surface area contributed by atoms with Crippen LogP contribution < -0.4 is 10.1 Å². The molecular weight excluding hydrogens is 337 g/mol. The third-order valence-corrected chi connectivity index (χ3v) is 4.09. The van der Waals surface area contributed by atoms with E-state index in [1.165, 1.54) is 13.8 Å². The number of nitrogens with zero attached hydrogens (tertiary/aromatic N) is 1. The van der Waals surface area contributed by atoms with Crippen LogP contribution in [0.3, 0.4) is 0 Å². The molecule has 5 nitrogen and oxygen atoms in total. The Morgan fingerprint density at radius 2 is 1.88 bits per heavy atom. The number of carbonyl (C=O) groups is 1. The summed E-state index contributed by atoms with van der Waals surface area (Å²) in [5.74, 6) is -1.03. The smallest absolute Gasteiger partial charge is 0.416 e. The van der Waals surface area contributed by atoms with Crippen molar-refractivity contribution in [2.24, 2.45) is 5.41 Å². The molecule has 0 bridgehead atoms. The maximum Gasteiger partial charge on any atom is 0.416 e. The molecule has 1 aromatic rings. The highest BCUT2D eigenvalue weighted by molar-refractivity contribution is 5.73. The molecule has 2 N–H and O–H groups in total. The van der Waals surface area contributed by atoms with Crippen LogP contribution in [0, 0.1) is 5.41 Å². The summed E-state index contributed by atoms with van der Waals surface area (Å²) in [6.07, 6.45) is -4.49. The van der Waals surface area contributed by atoms with Gasteiger partial charge in [0.05, 0.1) is 11.0 Å². The van der Waals surface area contributed by atoms with Gasteiger partial charge >= 0.3 is 12.1 Å². The van der Waals surface area contributed by atoms with Crippen LogP contribution in [0.25, 0.3) is 0 Å². The van der Waals surface area contributed by atoms with Crippen LogP contribution >= 0.6 is 0 Å². The summed E-state index contributed by atoms with van der Waals surface area (Å²) >= 11 is 0. The van der Waals surface area contributed by atoms with Crippen LogP contribution in [0.4, 0.5) is 13.2 Å². The first kappa shape index (κ1) is 19.5. The Hall–Kier alpha value is -1.80. The lowest BCUT2D eigenvalue weighted by Crippen LogP contribution is -2.42. The fourth-order valence-corrected chi connectivity index (χ4v) is 2.45. The van der Waals surface area contributed by atoms with Crippen molar-refractivity contribution in [3.05, 3.63) is 29.3 Å². The topological polar surface area (TPSA) is 61.8 Å². The number of benzene rings is 1. The monoisotopic (exact) mass is 360 g/mol. The van der Waals surface area contributed by atoms with Gasteiger partial charge in [-0.15, -0.1) is 0 Å². The van der Waals surface area contributed by atoms with E-state index >= 15 is 0 Å². The highest BCUT2D eigenvalue weighted by Gasteiger charge is 2.32. The minimum atomic E-state index is -4.49. The Morgan fingerprint density at radius 1 is 1.24 bits per heavy atom. The van der Waals surface area contributed by atoms with Gasteiger partial charge in [0.2, 0.25) is 0 Å². The highest BCUT2D eigenvalue weighted by atomic mass is 19.4. The Morgan fingerprint density at radius 3 is 2.44 bits per heavy atom. The van der Waals surface area contributed by atoms with Gasteiger partial charge in [0.1, 0.15) is 12.4 Å². The van der Waals surface area contributed by atoms with Crippen LogP contribution in [-0.2, 0) is 17.5 Å². The Kier molecular flexibility index (Phi) is 5.95. The molecule has 2 rings (SSSR count). The summed E-state index contributed by atoms with van der Waals surface area (Å²) in [6, 6.07) is 3.59. The van der Waals surface area contributed by atoms with Crippen molar-refractivity contribution < 1.29 is 27.8 Å². The minimum Gasteiger partial charge on any atom is -0.492 e. The molecule has 0 aromatic heterocycles. The molecule has 1 aromatic carbocycles. The van der Waals surface area contributed by atoms with E-state index in [9.17, 15) is 18.0 Å². The van der Waals surface area contributed by atoms with Crippen molar-refractivity contribution in [3.63, 3.8) is 0 Å². The average Bonchev–Trinajstić information content (AvgIpc) is 2.53. The van der Waals surface area contributed by atoms with E-state index in [1.807, 2.05) is 0 Å². The second-order valence-corrected chi connectivity index (χ2v) is 6.87. The summed E-state index contributed by atoms with van der Waals surface area (Å²) < 4.78 is 44.9. The average molecular weight is 360 g/mol. The lowest BCUT2D eigenvalue weighted by atomic mass is 9.95. The van der Waals surface area contributed by atoms with Gasteiger partial charge in [-0.2, -0.15) is 13.2 Å². The molecule has 1 fully saturated rings. The predicted octanol–water partition coefficient (Wildman–Crippen LogP) is 2.60. The normalized spacial score (nSPS) is 16.7. The van der Waals surface area contributed by atoms with E-state index in [-0.39, 0.29) is 12.4 Å². The molecule has 1 heterocycles. The fourth-order valence-electron chi connectivity index (χ4n) is 2.45. The Labute approximate surface area is 144 Å². The third-order valence-electron chi connectivity index (χ3n) is 4.09. The lowest BCUT2D eigenvalue weighted by Gasteiger charge is -2.27. The standard InChI is InChI=1S/C17H23F3N2O3/c1-16(2,15(23)24)11-25-14-8-12(7-13(9-14)17(18,19)20)10-22-5-3-21-4-6-22/h7-9,21H,3-6,10-11H2,1-2H3,(H,23,24). The summed E-state index contributed by atoms with van der Waals surface area (Å²) in [4.78, 5) is 13.2. The molecule has 140 valence electrons. The number of ether oxygens (including phenoxy) is 1. The van der Waals surface area contributed by atoms with Crippen LogP contribution in [0.1, 0.15) is 25.0 Å². The van der Waals surface area contributed by atoms with E-state index in [0.29, 0.717) is 12.1 Å². The summed E-state index contributed by atoms with van der Waals surface area (Å²) in [5, 5.41) is 12.3. The summed E-state index contributed by atoms with van der Waals surface area (Å²) in [7, 11) is 0. The van der Waals surface area contributed by atoms with E-state index in [0.717, 1.165) is 38.3 Å². The fraction of sp³-hybridized carbons (Fsp3) is 0.588. The van der Waals surface area contributed by atoms with Crippen molar-refractivity contribution in [2.45, 2.75) is 26.6 Å². The first-order chi connectivity index (χ1) is 11.6. The highest BCUT2D eigenvalue weighted by Crippen LogP contribution is 2.33. The minimum absolute atomic E-state index is 0.0364. The third kappa shape index (κ3) is 5.61. The molecule has 1 saturated heterocycles. The van der Waals surface area contributed by atoms with Crippen LogP contribution in [0.2, 0.25) is 0 Å². The van der Waals surface area contributed by atoms with E-state index in [4.69, 9.17) is 9.84 Å². The van der Waals surface area contributed by atoms with E-state index in [2.05, 4.69) is 10.2 Å². The number of nitrogens with one attached hydrogen (secondary N) is 1. The number of piperazine rings is 1. The van der Waals surface area contributed by atoms with E-state index in [1.54, 1.807) is 6.07 Å². The molecule has 0 atom stereocenters. The number of halogens is 3. The van der Waals surface area contributed by atoms with Crippen molar-refractivity contribution in [1.29, 1.82) is 0 Å². The van der Waals surface area contributed by atoms with Gasteiger partial charge in [-0.1, -0.05) is 0 Å². The number of hydrogen-bond donors (Lipinski definition) is 2. The Balaban J connectivity index is 2.19. The number of rotatable bonds is 6. The number of hydrogen-bond acceptors (Lipinski definition) is 4. The van der Waals surface area contributed by atoms with Gasteiger partial charge < -0.3 is 15.2 Å². The van der Waals surface area contributed by atoms with Gasteiger partial charge in [-0.05, 0) is 37.6 Å². The summed E-state index contributed by atoms with van der Waals surface area (Å²) in [5.41, 5.74) is -1.48. The number of carboxylic acids is 1. The van der Waals surface area contributed by atoms with Crippen molar-refractivity contribution in [3.8, 4) is 5.75 Å². The first-order valence-corrected chi connectivity index (χ1v) is 8.08. The second kappa shape index (κ2) is 7.61. The zero-order chi connectivity index (χ0) is 18.7. The molecule has 8 heteroatoms. The molecule has 0 spiro atoms. The maximum absolute atomic E-state index is 13.2. The molecule has 0 saturated carbocycles. The molecule has 1 aliphatic heterocycles. The molecule has 1 aliphatic rings. The zero-order valence-electron chi connectivity index (χ0n) is 14.3. The van der Waals surface area contributed by atoms with Gasteiger partial charge in [0.25, 0.3) is 0 Å². The number of carboxylic acid groups (broad SMARTS) is 1. The van der Waals surface area contributed by atoms with Crippen molar-refractivity contribution in [2.75, 3.05) is 32.8 Å². The molecule has 0 amide bonds. The van der Waals surface area contributed by atoms with Crippen molar-refractivity contribution in [1.82, 2.24) is 10.2 Å². The second-order valence-electron chi connectivity index (χ2n) is 6.87. The van der Waals surface area contributed by atoms with E-state index < -0.39 is 23.1 Å². The molecule has 0 unspecified atom stereocenters. The zero-order valence-corrected chi connectivity index (χ0v) is 14.3. The molecular formula is C17H23F3N2O3. The van der Waals surface area contributed by atoms with Gasteiger partial charge in [0, 0.05) is 32.7 Å². The molecule has 0 radical (unpaired) electrons. The number of aliphatic carboxylic acids is 1. The maximum atomic E-state index is 13.2. The first-order valence-electron chi connectivity index (χ1n) is 8.08. The lowest BCUT2D eigenvalue weighted by molar-refractivity contribution is -0.148. The van der Waals surface area contributed by atoms with Crippen LogP contribution in [-0.4, -0.2) is 48.8 Å². The number of alkyl halides is 3. The SMILES string of the molecule is CC(C)(COc1cc(CN2CCNCC2)cc(C(F)(F)F)c1)C(=O)O. The van der Waals surface area contributed by atoms with Gasteiger partial charge in [-0.25, -0.2) is 0 Å². The van der Waals surface area contributed by atoms with Gasteiger partial charge in [0.15, 0.2) is 0 Å². The largest absolute Gasteiger partial charge is 0.492 e. The van der Waals surface area contributed by atoms with Crippen molar-refractivity contribution >= 4 is 5.97 Å².